The van der Waals surface area contributed by atoms with Gasteiger partial charge in [0.05, 0.1) is 0 Å². The van der Waals surface area contributed by atoms with E-state index in [0.717, 1.165) is 6.42 Å². The molecule has 1 unspecified atom stereocenters. The van der Waals surface area contributed by atoms with Crippen LogP contribution >= 0.6 is 0 Å². The smallest absolute Gasteiger partial charge is 0.0342 e. The summed E-state index contributed by atoms with van der Waals surface area (Å²) >= 11 is 0. The van der Waals surface area contributed by atoms with E-state index in [1.165, 1.54) is 32.3 Å². The van der Waals surface area contributed by atoms with Crippen LogP contribution in [0, 0.1) is 0 Å². The Morgan fingerprint density at radius 2 is 1.57 bits per heavy atom. The van der Waals surface area contributed by atoms with Crippen LogP contribution in [-0.2, 0) is 0 Å². The molecular formula is C20H17N. The van der Waals surface area contributed by atoms with Crippen molar-refractivity contribution in [1.29, 1.82) is 0 Å². The second kappa shape index (κ2) is 4.87. The predicted molar refractivity (Wildman–Crippen MR) is 89.2 cm³/mol. The van der Waals surface area contributed by atoms with Gasteiger partial charge in [0.25, 0.3) is 0 Å². The number of benzene rings is 3. The van der Waals surface area contributed by atoms with E-state index in [1.54, 1.807) is 0 Å². The van der Waals surface area contributed by atoms with Crippen molar-refractivity contribution in [1.82, 2.24) is 0 Å². The summed E-state index contributed by atoms with van der Waals surface area (Å²) in [6.07, 6.45) is 3.14. The van der Waals surface area contributed by atoms with Crippen molar-refractivity contribution in [2.24, 2.45) is 5.73 Å². The molecule has 1 nitrogen and oxygen atoms in total. The molecule has 0 spiro atoms. The first-order chi connectivity index (χ1) is 10.3. The molecule has 1 atom stereocenters. The van der Waals surface area contributed by atoms with Gasteiger partial charge in [-0.3, -0.25) is 0 Å². The summed E-state index contributed by atoms with van der Waals surface area (Å²) < 4.78 is 0. The van der Waals surface area contributed by atoms with E-state index in [4.69, 9.17) is 5.73 Å². The maximum Gasteiger partial charge on any atom is 0.0342 e. The molecule has 0 fully saturated rings. The summed E-state index contributed by atoms with van der Waals surface area (Å²) in [5.41, 5.74) is 8.98. The molecule has 0 saturated carbocycles. The van der Waals surface area contributed by atoms with Crippen LogP contribution in [0.25, 0.3) is 22.4 Å². The minimum absolute atomic E-state index is 0.0608. The predicted octanol–water partition coefficient (Wildman–Crippen LogP) is 2.55. The van der Waals surface area contributed by atoms with E-state index >= 15 is 0 Å². The van der Waals surface area contributed by atoms with E-state index in [0.29, 0.717) is 0 Å². The maximum absolute atomic E-state index is 6.45. The van der Waals surface area contributed by atoms with Crippen LogP contribution in [0.2, 0.25) is 0 Å². The average molecular weight is 271 g/mol. The van der Waals surface area contributed by atoms with Crippen LogP contribution in [0.1, 0.15) is 12.0 Å². The molecule has 3 aromatic rings. The third kappa shape index (κ3) is 1.98. The Kier molecular flexibility index (Phi) is 2.87. The summed E-state index contributed by atoms with van der Waals surface area (Å²) in [5, 5.41) is 5.11. The summed E-state index contributed by atoms with van der Waals surface area (Å²) in [7, 11) is 0. The Morgan fingerprint density at radius 3 is 2.52 bits per heavy atom. The Bertz CT molecular complexity index is 932. The molecule has 0 aromatic heterocycles. The number of fused-ring (bicyclic) bond motifs is 2. The molecule has 0 aliphatic heterocycles. The van der Waals surface area contributed by atoms with Crippen molar-refractivity contribution in [3.63, 3.8) is 0 Å². The maximum atomic E-state index is 6.45. The first kappa shape index (κ1) is 12.4. The summed E-state index contributed by atoms with van der Waals surface area (Å²) in [4.78, 5) is 0. The van der Waals surface area contributed by atoms with Gasteiger partial charge in [0.15, 0.2) is 0 Å². The lowest BCUT2D eigenvalue weighted by atomic mass is 9.87. The molecule has 1 heteroatoms. The van der Waals surface area contributed by atoms with E-state index < -0.39 is 0 Å². The van der Waals surface area contributed by atoms with Gasteiger partial charge in [0, 0.05) is 6.04 Å². The third-order valence-electron chi connectivity index (χ3n) is 4.29. The van der Waals surface area contributed by atoms with Gasteiger partial charge in [0.1, 0.15) is 0 Å². The second-order valence-corrected chi connectivity index (χ2v) is 5.57. The molecular weight excluding hydrogens is 254 g/mol. The van der Waals surface area contributed by atoms with Crippen LogP contribution in [0.5, 0.6) is 0 Å². The Morgan fingerprint density at radius 1 is 0.810 bits per heavy atom. The van der Waals surface area contributed by atoms with E-state index in [-0.39, 0.29) is 6.04 Å². The van der Waals surface area contributed by atoms with Gasteiger partial charge in [-0.25, -0.2) is 0 Å². The van der Waals surface area contributed by atoms with Crippen LogP contribution in [0.3, 0.4) is 0 Å². The van der Waals surface area contributed by atoms with Crippen LogP contribution in [-0.4, -0.2) is 6.04 Å². The zero-order valence-corrected chi connectivity index (χ0v) is 11.8. The summed E-state index contributed by atoms with van der Waals surface area (Å²) in [6.45, 7) is 0. The molecule has 0 saturated heterocycles. The highest BCUT2D eigenvalue weighted by atomic mass is 14.6. The highest BCUT2D eigenvalue weighted by Crippen LogP contribution is 2.26. The minimum Gasteiger partial charge on any atom is -0.324 e. The topological polar surface area (TPSA) is 26.0 Å². The van der Waals surface area contributed by atoms with Gasteiger partial charge < -0.3 is 5.73 Å². The largest absolute Gasteiger partial charge is 0.324 e. The van der Waals surface area contributed by atoms with Gasteiger partial charge in [-0.1, -0.05) is 72.8 Å². The van der Waals surface area contributed by atoms with Crippen LogP contribution in [0.4, 0.5) is 0 Å². The molecule has 102 valence electrons. The average Bonchev–Trinajstić information content (AvgIpc) is 2.54. The normalized spacial score (nSPS) is 17.4. The highest BCUT2D eigenvalue weighted by molar-refractivity contribution is 5.95. The molecule has 21 heavy (non-hydrogen) atoms. The third-order valence-corrected chi connectivity index (χ3v) is 4.29. The molecule has 0 bridgehead atoms. The number of nitrogens with two attached hydrogens (primary N) is 1. The quantitative estimate of drug-likeness (QED) is 0.723. The van der Waals surface area contributed by atoms with Crippen molar-refractivity contribution in [3.05, 3.63) is 82.7 Å². The fraction of sp³-hybridized carbons (Fsp3) is 0.100. The molecule has 4 rings (SSSR count). The zero-order valence-electron chi connectivity index (χ0n) is 11.8. The fourth-order valence-electron chi connectivity index (χ4n) is 3.30. The molecule has 0 amide bonds. The van der Waals surface area contributed by atoms with Crippen LogP contribution < -0.4 is 16.2 Å². The summed E-state index contributed by atoms with van der Waals surface area (Å²) in [6, 6.07) is 23.6. The minimum atomic E-state index is 0.0608. The molecule has 0 heterocycles. The van der Waals surface area contributed by atoms with Crippen molar-refractivity contribution < 1.29 is 0 Å². The Hall–Kier alpha value is -2.38. The van der Waals surface area contributed by atoms with Gasteiger partial charge >= 0.3 is 0 Å². The first-order valence-electron chi connectivity index (χ1n) is 7.38. The molecule has 2 N–H and O–H groups in total. The fourth-order valence-corrected chi connectivity index (χ4v) is 3.30. The number of rotatable bonds is 1. The lowest BCUT2D eigenvalue weighted by Gasteiger charge is -2.20. The first-order valence-corrected chi connectivity index (χ1v) is 7.38. The van der Waals surface area contributed by atoms with E-state index in [2.05, 4.69) is 72.8 Å². The van der Waals surface area contributed by atoms with Gasteiger partial charge in [-0.05, 0) is 38.8 Å². The number of hydrogen-bond acceptors (Lipinski definition) is 1. The second-order valence-electron chi connectivity index (χ2n) is 5.57. The van der Waals surface area contributed by atoms with Crippen LogP contribution in [0.15, 0.2) is 66.7 Å². The molecule has 3 aromatic carbocycles. The number of hydrogen-bond donors (Lipinski definition) is 1. The lowest BCUT2D eigenvalue weighted by molar-refractivity contribution is 0.862. The zero-order chi connectivity index (χ0) is 14.2. The highest BCUT2D eigenvalue weighted by Gasteiger charge is 2.17. The molecule has 1 aliphatic carbocycles. The standard InChI is InChI=1S/C20H17N/c21-19-13-12-15-7-2-4-10-17(15)20(19)18-11-5-8-14-6-1-3-9-16(14)18/h1-12,19H,13,21H2. The lowest BCUT2D eigenvalue weighted by Crippen LogP contribution is -2.38. The molecule has 1 aliphatic rings. The van der Waals surface area contributed by atoms with Crippen molar-refractivity contribution in [2.75, 3.05) is 0 Å². The van der Waals surface area contributed by atoms with Crippen molar-refractivity contribution in [3.8, 4) is 0 Å². The molecule has 0 radical (unpaired) electrons. The van der Waals surface area contributed by atoms with Crippen molar-refractivity contribution >= 4 is 22.4 Å². The van der Waals surface area contributed by atoms with Gasteiger partial charge in [-0.2, -0.15) is 0 Å². The monoisotopic (exact) mass is 271 g/mol. The SMILES string of the molecule is NC1CC=c2ccccc2=C1c1cccc2ccccc12. The Balaban J connectivity index is 2.15. The van der Waals surface area contributed by atoms with E-state index in [1.807, 2.05) is 0 Å². The Labute approximate surface area is 124 Å². The van der Waals surface area contributed by atoms with E-state index in [9.17, 15) is 0 Å². The van der Waals surface area contributed by atoms with Crippen molar-refractivity contribution in [2.45, 2.75) is 12.5 Å². The van der Waals surface area contributed by atoms with Gasteiger partial charge in [0.2, 0.25) is 0 Å². The summed E-state index contributed by atoms with van der Waals surface area (Å²) in [5.74, 6) is 0. The van der Waals surface area contributed by atoms with Gasteiger partial charge in [-0.15, -0.1) is 0 Å².